The quantitative estimate of drug-likeness (QED) is 0.167. The summed E-state index contributed by atoms with van der Waals surface area (Å²) < 4.78 is 14.0. The van der Waals surface area contributed by atoms with Crippen molar-refractivity contribution in [2.75, 3.05) is 0 Å². The Kier molecular flexibility index (Phi) is 37.7. The zero-order valence-electron chi connectivity index (χ0n) is 64.6. The molecule has 0 radical (unpaired) electrons. The normalized spacial score (nSPS) is 12.5. The lowest BCUT2D eigenvalue weighted by atomic mass is 9.74. The molecule has 0 fully saturated rings. The van der Waals surface area contributed by atoms with Gasteiger partial charge in [-0.25, -0.2) is 19.9 Å². The molecule has 0 aliphatic heterocycles. The van der Waals surface area contributed by atoms with Crippen LogP contribution in [0.5, 0.6) is 0 Å². The summed E-state index contributed by atoms with van der Waals surface area (Å²) in [6.07, 6.45) is 53.1. The zero-order valence-corrected chi connectivity index (χ0v) is 67.9. The second-order valence-electron chi connectivity index (χ2n) is 31.5. The topological polar surface area (TPSA) is 151 Å². The lowest BCUT2D eigenvalue weighted by molar-refractivity contribution is -0.116. The Bertz CT molecular complexity index is 3650. The molecule has 1 atom stereocenters. The van der Waals surface area contributed by atoms with E-state index < -0.39 is 0 Å². The minimum Gasteiger partial charge on any atom is -0.345 e. The largest absolute Gasteiger partial charge is 0.345 e. The average molecular weight is 1410 g/mol. The third kappa shape index (κ3) is 36.3. The molecule has 0 amide bonds. The molecule has 8 aromatic rings. The molecule has 0 saturated carbocycles. The molecule has 9 rings (SSSR count). The number of nitrogens with zero attached hydrogens (tertiary/aromatic N) is 11. The van der Waals surface area contributed by atoms with Crippen molar-refractivity contribution in [2.45, 2.75) is 238 Å². The highest BCUT2D eigenvalue weighted by molar-refractivity contribution is 7.12. The lowest BCUT2D eigenvalue weighted by Gasteiger charge is -2.30. The molecule has 0 saturated heterocycles. The molecule has 0 aromatic carbocycles. The van der Waals surface area contributed by atoms with E-state index >= 15 is 0 Å². The number of H-pyrrole nitrogens is 1. The highest BCUT2D eigenvalue weighted by atomic mass is 32.1. The molecular formula is C82H114N12OS4. The maximum absolute atomic E-state index is 11.0. The predicted octanol–water partition coefficient (Wildman–Crippen LogP) is 20.5. The number of carbonyl (C=O) groups excluding carboxylic acids is 1. The van der Waals surface area contributed by atoms with Crippen LogP contribution in [0.1, 0.15) is 265 Å². The number of thiazole rings is 2. The van der Waals surface area contributed by atoms with E-state index in [2.05, 4.69) is 279 Å². The predicted molar refractivity (Wildman–Crippen MR) is 428 cm³/mol. The summed E-state index contributed by atoms with van der Waals surface area (Å²) in [5.74, 6) is 18.4. The van der Waals surface area contributed by atoms with Crippen LogP contribution in [-0.4, -0.2) is 63.6 Å². The summed E-state index contributed by atoms with van der Waals surface area (Å²) in [5, 5.41) is 14.1. The Morgan fingerprint density at radius 3 is 1.46 bits per heavy atom. The number of hydrogen-bond donors (Lipinski definition) is 1. The molecule has 8 aromatic heterocycles. The summed E-state index contributed by atoms with van der Waals surface area (Å²) in [4.78, 5) is 32.6. The van der Waals surface area contributed by atoms with Crippen LogP contribution in [0, 0.1) is 91.3 Å². The van der Waals surface area contributed by atoms with Gasteiger partial charge in [-0.05, 0) is 197 Å². The Morgan fingerprint density at radius 1 is 0.606 bits per heavy atom. The van der Waals surface area contributed by atoms with Gasteiger partial charge in [0, 0.05) is 86.8 Å². The number of terminal acetylenes is 6. The van der Waals surface area contributed by atoms with Crippen LogP contribution < -0.4 is 0 Å². The van der Waals surface area contributed by atoms with Crippen LogP contribution >= 0.6 is 45.7 Å². The Labute approximate surface area is 614 Å². The van der Waals surface area contributed by atoms with Gasteiger partial charge in [0.25, 0.3) is 0 Å². The lowest BCUT2D eigenvalue weighted by Crippen LogP contribution is -2.24. The van der Waals surface area contributed by atoms with Gasteiger partial charge in [0.2, 0.25) is 0 Å². The van der Waals surface area contributed by atoms with Crippen molar-refractivity contribution < 1.29 is 4.79 Å². The van der Waals surface area contributed by atoms with Crippen LogP contribution in [0.4, 0.5) is 0 Å². The average Bonchev–Trinajstić information content (AvgIpc) is 1.84. The standard InChI is InChI=1S/C10H16O.C9H12N2.C9H14N2.C9H12N2.4C9H11NS.C5H6N2.C4H10/c1-10(2,3)8-5-4-6-9(11)7-8;1-5-8-10-6-7-11(8)9(2,3)4;2*1-5-8-6-7-11(10-8)9(2,3)4;1-5-8-10-7(6-11-8)9(2,3)4;1-5-8-10-6-7(11-8)9(2,3)4;1-5-8-7(6-11-10-8)9(2,3)4;1-5-7-6-8(11-10-7)9(2,3)4;1-2-5-6-3-4-7-5;1-4(2)3/h4,6,8H,5,7H2,1-3H3;1,6-7H,2-4H3;5-7H,1H2,2-4H3;1,6-7H,2-4H3;4*1,6H,2-4H3;2-4H,1H2,(H,6,7);4H,1-3H3. The highest BCUT2D eigenvalue weighted by Gasteiger charge is 2.27. The Morgan fingerprint density at radius 2 is 1.17 bits per heavy atom. The van der Waals surface area contributed by atoms with Crippen molar-refractivity contribution >= 4 is 63.7 Å². The van der Waals surface area contributed by atoms with E-state index in [1.165, 1.54) is 49.7 Å². The number of aromatic nitrogens is 12. The van der Waals surface area contributed by atoms with Gasteiger partial charge in [0.15, 0.2) is 21.6 Å². The van der Waals surface area contributed by atoms with Gasteiger partial charge in [-0.2, -0.15) is 18.9 Å². The summed E-state index contributed by atoms with van der Waals surface area (Å²) >= 11 is 6.04. The molecular weight excluding hydrogens is 1300 g/mol. The fourth-order valence-electron chi connectivity index (χ4n) is 7.30. The van der Waals surface area contributed by atoms with Gasteiger partial charge in [-0.1, -0.05) is 144 Å². The Hall–Kier alpha value is -8.39. The van der Waals surface area contributed by atoms with E-state index in [1.807, 2.05) is 73.8 Å². The highest BCUT2D eigenvalue weighted by Crippen LogP contribution is 2.34. The van der Waals surface area contributed by atoms with Crippen molar-refractivity contribution in [3.63, 3.8) is 0 Å². The number of aromatic amines is 1. The van der Waals surface area contributed by atoms with Crippen molar-refractivity contribution in [3.05, 3.63) is 163 Å². The maximum atomic E-state index is 11.0. The van der Waals surface area contributed by atoms with E-state index in [0.29, 0.717) is 17.4 Å². The van der Waals surface area contributed by atoms with Crippen LogP contribution in [0.25, 0.3) is 12.2 Å². The van der Waals surface area contributed by atoms with E-state index in [9.17, 15) is 4.79 Å². The SMILES string of the molecule is C#Cc1cc(C(C)(C)C)sn1.C#Cc1ccn(C(C)(C)C)n1.C#Cc1nc(C(C)(C)C)cs1.C#Cc1ncc(C(C)(C)C)s1.C#Cc1nccn1C(C)(C)C.C#Cc1nscc1C(C)(C)C.C=Cc1ccn(C(C)(C)C)n1.C=Cc1ncc[nH]1.CC(C)(C)C1CC=CC(=O)C1.CC(C)C. The van der Waals surface area contributed by atoms with Gasteiger partial charge >= 0.3 is 0 Å². The summed E-state index contributed by atoms with van der Waals surface area (Å²) in [7, 11) is 0. The van der Waals surface area contributed by atoms with Gasteiger partial charge in [-0.3, -0.25) is 14.2 Å². The smallest absolute Gasteiger partial charge is 0.185 e. The summed E-state index contributed by atoms with van der Waals surface area (Å²) in [5.41, 5.74) is 6.40. The van der Waals surface area contributed by atoms with Gasteiger partial charge in [-0.15, -0.1) is 61.2 Å². The molecule has 532 valence electrons. The van der Waals surface area contributed by atoms with E-state index in [-0.39, 0.29) is 49.5 Å². The fraction of sp³-hybridized carbons (Fsp3) is 0.476. The second-order valence-corrected chi connectivity index (χ2v) is 34.9. The minimum atomic E-state index is 0.0229. The number of allylic oxidation sites excluding steroid dienone is 2. The number of ketones is 1. The molecule has 8 heterocycles. The first-order chi connectivity index (χ1) is 45.5. The number of carbonyl (C=O) groups is 1. The second kappa shape index (κ2) is 41.2. The van der Waals surface area contributed by atoms with Gasteiger partial charge < -0.3 is 9.55 Å². The molecule has 99 heavy (non-hydrogen) atoms. The van der Waals surface area contributed by atoms with Crippen LogP contribution in [-0.2, 0) is 43.1 Å². The summed E-state index contributed by atoms with van der Waals surface area (Å²) in [6.45, 7) is 64.9. The number of rotatable bonds is 2. The van der Waals surface area contributed by atoms with E-state index in [0.717, 1.165) is 57.4 Å². The van der Waals surface area contributed by atoms with Crippen LogP contribution in [0.15, 0.2) is 97.6 Å². The molecule has 0 bridgehead atoms. The third-order valence-corrected chi connectivity index (χ3v) is 17.2. The van der Waals surface area contributed by atoms with Gasteiger partial charge in [0.1, 0.15) is 22.9 Å². The number of hydrogen-bond acceptors (Lipinski definition) is 13. The number of imidazole rings is 2. The molecule has 13 nitrogen and oxygen atoms in total. The van der Waals surface area contributed by atoms with Crippen molar-refractivity contribution in [1.29, 1.82) is 0 Å². The molecule has 1 N–H and O–H groups in total. The number of nitrogens with one attached hydrogen (secondary N) is 1. The van der Waals surface area contributed by atoms with Crippen LogP contribution in [0.3, 0.4) is 0 Å². The van der Waals surface area contributed by atoms with Crippen LogP contribution in [0.2, 0.25) is 0 Å². The molecule has 1 aliphatic carbocycles. The Balaban J connectivity index is 0.00000109. The molecule has 1 aliphatic rings. The van der Waals surface area contributed by atoms with Crippen molar-refractivity contribution in [2.24, 2.45) is 17.3 Å². The molecule has 1 unspecified atom stereocenters. The van der Waals surface area contributed by atoms with Gasteiger partial charge in [0.05, 0.1) is 22.5 Å². The molecule has 17 heteroatoms. The summed E-state index contributed by atoms with van der Waals surface area (Å²) in [6, 6.07) is 5.77. The first-order valence-corrected chi connectivity index (χ1v) is 36.0. The van der Waals surface area contributed by atoms with E-state index in [4.69, 9.17) is 38.5 Å². The van der Waals surface area contributed by atoms with Crippen molar-refractivity contribution in [3.8, 4) is 74.1 Å². The fourth-order valence-corrected chi connectivity index (χ4v) is 10.5. The van der Waals surface area contributed by atoms with E-state index in [1.54, 1.807) is 48.2 Å². The monoisotopic (exact) mass is 1410 g/mol. The zero-order chi connectivity index (χ0) is 76.6. The molecule has 0 spiro atoms. The first-order valence-electron chi connectivity index (χ1n) is 32.7. The minimum absolute atomic E-state index is 0.0229. The maximum Gasteiger partial charge on any atom is 0.185 e. The third-order valence-electron chi connectivity index (χ3n) is 13.2. The van der Waals surface area contributed by atoms with Crippen molar-refractivity contribution in [1.82, 2.24) is 57.8 Å². The first kappa shape index (κ1) is 90.6.